The Kier molecular flexibility index (Phi) is 2.85. The van der Waals surface area contributed by atoms with Crippen LogP contribution in [0.25, 0.3) is 16.6 Å². The van der Waals surface area contributed by atoms with Gasteiger partial charge in [0.25, 0.3) is 0 Å². The Morgan fingerprint density at radius 1 is 0.944 bits per heavy atom. The van der Waals surface area contributed by atoms with Crippen molar-refractivity contribution in [3.63, 3.8) is 0 Å². The van der Waals surface area contributed by atoms with Crippen molar-refractivity contribution >= 4 is 17.1 Å². The summed E-state index contributed by atoms with van der Waals surface area (Å²) in [5, 5.41) is 0.774. The molecular formula is C16H14ClN. The Hall–Kier alpha value is -1.73. The number of aromatic nitrogens is 1. The highest BCUT2D eigenvalue weighted by atomic mass is 35.5. The van der Waals surface area contributed by atoms with Gasteiger partial charge in [0.1, 0.15) is 0 Å². The first-order chi connectivity index (χ1) is 8.76. The summed E-state index contributed by atoms with van der Waals surface area (Å²) in [5.41, 5.74) is 4.99. The summed E-state index contributed by atoms with van der Waals surface area (Å²) in [6.07, 6.45) is 5.41. The third kappa shape index (κ3) is 2.02. The molecule has 2 heterocycles. The van der Waals surface area contributed by atoms with Crippen LogP contribution in [-0.4, -0.2) is 4.40 Å². The number of halogens is 1. The van der Waals surface area contributed by atoms with Crippen molar-refractivity contribution in [1.82, 2.24) is 4.40 Å². The van der Waals surface area contributed by atoms with Gasteiger partial charge >= 0.3 is 0 Å². The molecule has 2 heteroatoms. The van der Waals surface area contributed by atoms with E-state index in [0.717, 1.165) is 11.4 Å². The summed E-state index contributed by atoms with van der Waals surface area (Å²) < 4.78 is 2.18. The molecule has 0 saturated carbocycles. The fraction of sp³-hybridized carbons (Fsp3) is 0.125. The van der Waals surface area contributed by atoms with Crippen LogP contribution in [0, 0.1) is 0 Å². The van der Waals surface area contributed by atoms with Crippen LogP contribution in [0.15, 0.2) is 54.9 Å². The van der Waals surface area contributed by atoms with Crippen LogP contribution in [0.3, 0.4) is 0 Å². The molecule has 1 nitrogen and oxygen atoms in total. The molecule has 0 fully saturated rings. The second-order valence-corrected chi connectivity index (χ2v) is 4.90. The van der Waals surface area contributed by atoms with Crippen LogP contribution in [0.5, 0.6) is 0 Å². The van der Waals surface area contributed by atoms with Gasteiger partial charge in [0.2, 0.25) is 0 Å². The molecule has 3 rings (SSSR count). The van der Waals surface area contributed by atoms with Gasteiger partial charge in [-0.25, -0.2) is 0 Å². The molecule has 0 saturated heterocycles. The first-order valence-electron chi connectivity index (χ1n) is 6.13. The molecule has 2 aromatic heterocycles. The van der Waals surface area contributed by atoms with Gasteiger partial charge in [-0.1, -0.05) is 36.7 Å². The van der Waals surface area contributed by atoms with Crippen LogP contribution < -0.4 is 0 Å². The first-order valence-corrected chi connectivity index (χ1v) is 6.50. The standard InChI is InChI=1S/C16H14ClN/c1-2-12-3-8-16-9-14(11-18(16)10-12)13-4-6-15(17)7-5-13/h3-11H,2H2,1H3. The number of hydrogen-bond donors (Lipinski definition) is 0. The quantitative estimate of drug-likeness (QED) is 0.618. The van der Waals surface area contributed by atoms with Gasteiger partial charge in [-0.2, -0.15) is 0 Å². The molecule has 18 heavy (non-hydrogen) atoms. The molecule has 0 bridgehead atoms. The maximum Gasteiger partial charge on any atom is 0.0456 e. The van der Waals surface area contributed by atoms with Crippen molar-refractivity contribution in [3.8, 4) is 11.1 Å². The predicted octanol–water partition coefficient (Wildman–Crippen LogP) is 4.82. The van der Waals surface area contributed by atoms with Crippen molar-refractivity contribution in [3.05, 3.63) is 65.4 Å². The van der Waals surface area contributed by atoms with E-state index in [1.807, 2.05) is 12.1 Å². The average Bonchev–Trinajstić information content (AvgIpc) is 2.82. The fourth-order valence-corrected chi connectivity index (χ4v) is 2.29. The molecule has 0 N–H and O–H groups in total. The number of fused-ring (bicyclic) bond motifs is 1. The maximum atomic E-state index is 5.91. The van der Waals surface area contributed by atoms with E-state index >= 15 is 0 Å². The normalized spacial score (nSPS) is 11.0. The summed E-state index contributed by atoms with van der Waals surface area (Å²) in [6, 6.07) is 14.5. The minimum atomic E-state index is 0.774. The van der Waals surface area contributed by atoms with Crippen molar-refractivity contribution in [2.24, 2.45) is 0 Å². The monoisotopic (exact) mass is 255 g/mol. The lowest BCUT2D eigenvalue weighted by atomic mass is 10.1. The van der Waals surface area contributed by atoms with Gasteiger partial charge in [0.05, 0.1) is 0 Å². The third-order valence-corrected chi connectivity index (χ3v) is 3.49. The van der Waals surface area contributed by atoms with Crippen LogP contribution in [0.2, 0.25) is 5.02 Å². The van der Waals surface area contributed by atoms with E-state index in [1.165, 1.54) is 22.2 Å². The number of rotatable bonds is 2. The van der Waals surface area contributed by atoms with Crippen molar-refractivity contribution in [1.29, 1.82) is 0 Å². The second kappa shape index (κ2) is 4.51. The summed E-state index contributed by atoms with van der Waals surface area (Å²) in [4.78, 5) is 0. The molecule has 0 aliphatic carbocycles. The molecular weight excluding hydrogens is 242 g/mol. The zero-order chi connectivity index (χ0) is 12.5. The van der Waals surface area contributed by atoms with E-state index in [-0.39, 0.29) is 0 Å². The second-order valence-electron chi connectivity index (χ2n) is 4.46. The van der Waals surface area contributed by atoms with Gasteiger partial charge in [0.15, 0.2) is 0 Å². The number of pyridine rings is 1. The topological polar surface area (TPSA) is 4.41 Å². The molecule has 0 aliphatic heterocycles. The highest BCUT2D eigenvalue weighted by molar-refractivity contribution is 6.30. The highest BCUT2D eigenvalue weighted by Gasteiger charge is 2.02. The lowest BCUT2D eigenvalue weighted by Crippen LogP contribution is -1.85. The Morgan fingerprint density at radius 3 is 2.44 bits per heavy atom. The van der Waals surface area contributed by atoms with Crippen molar-refractivity contribution in [2.75, 3.05) is 0 Å². The molecule has 0 spiro atoms. The van der Waals surface area contributed by atoms with Gasteiger partial charge in [-0.05, 0) is 41.8 Å². The Labute approximate surface area is 112 Å². The SMILES string of the molecule is CCc1ccc2cc(-c3ccc(Cl)cc3)cn2c1. The average molecular weight is 256 g/mol. The van der Waals surface area contributed by atoms with E-state index in [4.69, 9.17) is 11.6 Å². The Morgan fingerprint density at radius 2 is 1.72 bits per heavy atom. The van der Waals surface area contributed by atoms with E-state index in [9.17, 15) is 0 Å². The van der Waals surface area contributed by atoms with Gasteiger partial charge in [-0.15, -0.1) is 0 Å². The van der Waals surface area contributed by atoms with Crippen LogP contribution in [0.1, 0.15) is 12.5 Å². The molecule has 0 amide bonds. The summed E-state index contributed by atoms with van der Waals surface area (Å²) in [7, 11) is 0. The number of nitrogens with zero attached hydrogens (tertiary/aromatic N) is 1. The summed E-state index contributed by atoms with van der Waals surface area (Å²) in [6.45, 7) is 2.17. The summed E-state index contributed by atoms with van der Waals surface area (Å²) in [5.74, 6) is 0. The van der Waals surface area contributed by atoms with Gasteiger partial charge in [0, 0.05) is 28.5 Å². The van der Waals surface area contributed by atoms with Crippen molar-refractivity contribution < 1.29 is 0 Å². The van der Waals surface area contributed by atoms with E-state index in [1.54, 1.807) is 0 Å². The van der Waals surface area contributed by atoms with E-state index in [2.05, 4.69) is 54.0 Å². The molecule has 90 valence electrons. The largest absolute Gasteiger partial charge is 0.323 e. The van der Waals surface area contributed by atoms with E-state index in [0.29, 0.717) is 0 Å². The Bertz CT molecular complexity index is 680. The fourth-order valence-electron chi connectivity index (χ4n) is 2.16. The van der Waals surface area contributed by atoms with Gasteiger partial charge in [-0.3, -0.25) is 0 Å². The molecule has 0 radical (unpaired) electrons. The predicted molar refractivity (Wildman–Crippen MR) is 77.2 cm³/mol. The minimum absolute atomic E-state index is 0.774. The summed E-state index contributed by atoms with van der Waals surface area (Å²) >= 11 is 5.91. The van der Waals surface area contributed by atoms with Gasteiger partial charge < -0.3 is 4.40 Å². The third-order valence-electron chi connectivity index (χ3n) is 3.24. The smallest absolute Gasteiger partial charge is 0.0456 e. The molecule has 0 aliphatic rings. The minimum Gasteiger partial charge on any atom is -0.323 e. The highest BCUT2D eigenvalue weighted by Crippen LogP contribution is 2.24. The van der Waals surface area contributed by atoms with Crippen LogP contribution in [0.4, 0.5) is 0 Å². The lowest BCUT2D eigenvalue weighted by molar-refractivity contribution is 1.07. The first kappa shape index (κ1) is 11.4. The molecule has 3 aromatic rings. The lowest BCUT2D eigenvalue weighted by Gasteiger charge is -1.98. The number of hydrogen-bond acceptors (Lipinski definition) is 0. The van der Waals surface area contributed by atoms with E-state index < -0.39 is 0 Å². The number of aryl methyl sites for hydroxylation is 1. The molecule has 0 atom stereocenters. The maximum absolute atomic E-state index is 5.91. The Balaban J connectivity index is 2.10. The molecule has 1 aromatic carbocycles. The van der Waals surface area contributed by atoms with Crippen LogP contribution >= 0.6 is 11.6 Å². The zero-order valence-electron chi connectivity index (χ0n) is 10.2. The molecule has 0 unspecified atom stereocenters. The zero-order valence-corrected chi connectivity index (χ0v) is 11.0. The number of benzene rings is 1. The van der Waals surface area contributed by atoms with Crippen LogP contribution in [-0.2, 0) is 6.42 Å². The van der Waals surface area contributed by atoms with Crippen molar-refractivity contribution in [2.45, 2.75) is 13.3 Å².